The van der Waals surface area contributed by atoms with Gasteiger partial charge in [-0.25, -0.2) is 12.7 Å². The molecule has 0 saturated carbocycles. The minimum Gasteiger partial charge on any atom is -0.356 e. The van der Waals surface area contributed by atoms with Gasteiger partial charge in [0.1, 0.15) is 0 Å². The highest BCUT2D eigenvalue weighted by molar-refractivity contribution is 7.99. The summed E-state index contributed by atoms with van der Waals surface area (Å²) in [4.78, 5) is 4.16. The third-order valence-electron chi connectivity index (χ3n) is 3.16. The number of guanidine groups is 1. The summed E-state index contributed by atoms with van der Waals surface area (Å²) in [5, 5.41) is 6.48. The molecule has 6 nitrogen and oxygen atoms in total. The molecule has 0 aromatic carbocycles. The van der Waals surface area contributed by atoms with E-state index >= 15 is 0 Å². The normalized spacial score (nSPS) is 13.6. The number of rotatable bonds is 9. The SMILES string of the molecule is CCN(CCCNC(=NC)NCC(C)(C)SC)S(C)(=O)=O. The van der Waals surface area contributed by atoms with E-state index in [-0.39, 0.29) is 4.75 Å². The van der Waals surface area contributed by atoms with Gasteiger partial charge >= 0.3 is 0 Å². The maximum Gasteiger partial charge on any atom is 0.211 e. The fourth-order valence-corrected chi connectivity index (χ4v) is 2.76. The van der Waals surface area contributed by atoms with Gasteiger partial charge in [-0.2, -0.15) is 11.8 Å². The number of thioether (sulfide) groups is 1. The van der Waals surface area contributed by atoms with Gasteiger partial charge in [-0.05, 0) is 26.5 Å². The number of hydrogen-bond acceptors (Lipinski definition) is 4. The Balaban J connectivity index is 4.09. The van der Waals surface area contributed by atoms with E-state index in [9.17, 15) is 8.42 Å². The first-order valence-corrected chi connectivity index (χ1v) is 10.2. The minimum absolute atomic E-state index is 0.146. The van der Waals surface area contributed by atoms with E-state index in [1.807, 2.05) is 6.92 Å². The van der Waals surface area contributed by atoms with Crippen molar-refractivity contribution in [3.05, 3.63) is 0 Å². The van der Waals surface area contributed by atoms with E-state index in [1.54, 1.807) is 18.8 Å². The van der Waals surface area contributed by atoms with Crippen LogP contribution < -0.4 is 10.6 Å². The van der Waals surface area contributed by atoms with Crippen LogP contribution in [-0.4, -0.2) is 69.2 Å². The number of hydrogen-bond donors (Lipinski definition) is 2. The van der Waals surface area contributed by atoms with Crippen LogP contribution in [-0.2, 0) is 10.0 Å². The number of aliphatic imine (C=N–C) groups is 1. The molecular weight excluding hydrogens is 308 g/mol. The van der Waals surface area contributed by atoms with E-state index in [4.69, 9.17) is 0 Å². The van der Waals surface area contributed by atoms with Gasteiger partial charge in [-0.1, -0.05) is 6.92 Å². The Labute approximate surface area is 134 Å². The predicted molar refractivity (Wildman–Crippen MR) is 93.7 cm³/mol. The maximum atomic E-state index is 11.5. The zero-order valence-electron chi connectivity index (χ0n) is 14.1. The van der Waals surface area contributed by atoms with Crippen LogP contribution >= 0.6 is 11.8 Å². The molecule has 0 rings (SSSR count). The van der Waals surface area contributed by atoms with Crippen molar-refractivity contribution in [2.24, 2.45) is 4.99 Å². The molecule has 21 heavy (non-hydrogen) atoms. The lowest BCUT2D eigenvalue weighted by atomic mass is 10.2. The lowest BCUT2D eigenvalue weighted by Gasteiger charge is -2.24. The first-order valence-electron chi connectivity index (χ1n) is 7.11. The van der Waals surface area contributed by atoms with E-state index < -0.39 is 10.0 Å². The summed E-state index contributed by atoms with van der Waals surface area (Å²) in [6.07, 6.45) is 4.07. The van der Waals surface area contributed by atoms with Gasteiger partial charge in [0.15, 0.2) is 5.96 Å². The smallest absolute Gasteiger partial charge is 0.211 e. The molecule has 0 aliphatic rings. The molecule has 0 aliphatic carbocycles. The molecule has 0 aliphatic heterocycles. The Bertz CT molecular complexity index is 422. The number of nitrogens with zero attached hydrogens (tertiary/aromatic N) is 2. The van der Waals surface area contributed by atoms with Gasteiger partial charge < -0.3 is 10.6 Å². The lowest BCUT2D eigenvalue weighted by molar-refractivity contribution is 0.424. The van der Waals surface area contributed by atoms with Crippen molar-refractivity contribution in [2.45, 2.75) is 31.9 Å². The van der Waals surface area contributed by atoms with Crippen LogP contribution in [0.15, 0.2) is 4.99 Å². The number of nitrogens with one attached hydrogen (secondary N) is 2. The molecule has 8 heteroatoms. The van der Waals surface area contributed by atoms with Crippen molar-refractivity contribution in [3.63, 3.8) is 0 Å². The second-order valence-corrected chi connectivity index (χ2v) is 8.92. The monoisotopic (exact) mass is 338 g/mol. The van der Waals surface area contributed by atoms with Crippen molar-refractivity contribution >= 4 is 27.7 Å². The fourth-order valence-electron chi connectivity index (χ4n) is 1.61. The van der Waals surface area contributed by atoms with Crippen LogP contribution in [0.3, 0.4) is 0 Å². The second-order valence-electron chi connectivity index (χ2n) is 5.42. The predicted octanol–water partition coefficient (Wildman–Crippen LogP) is 0.965. The summed E-state index contributed by atoms with van der Waals surface area (Å²) in [5.74, 6) is 0.750. The summed E-state index contributed by atoms with van der Waals surface area (Å²) in [5.41, 5.74) is 0. The largest absolute Gasteiger partial charge is 0.356 e. The molecule has 0 bridgehead atoms. The molecule has 0 aromatic heterocycles. The summed E-state index contributed by atoms with van der Waals surface area (Å²) < 4.78 is 24.5. The molecule has 0 aromatic rings. The fraction of sp³-hybridized carbons (Fsp3) is 0.923. The van der Waals surface area contributed by atoms with Crippen LogP contribution in [0.25, 0.3) is 0 Å². The highest BCUT2D eigenvalue weighted by Gasteiger charge is 2.16. The Morgan fingerprint density at radius 3 is 2.38 bits per heavy atom. The van der Waals surface area contributed by atoms with Crippen molar-refractivity contribution in [1.29, 1.82) is 0 Å². The van der Waals surface area contributed by atoms with Crippen molar-refractivity contribution in [2.75, 3.05) is 45.7 Å². The third kappa shape index (κ3) is 9.21. The first-order chi connectivity index (χ1) is 9.66. The van der Waals surface area contributed by atoms with Gasteiger partial charge in [0, 0.05) is 38.0 Å². The zero-order valence-corrected chi connectivity index (χ0v) is 15.7. The zero-order chi connectivity index (χ0) is 16.5. The molecule has 0 saturated heterocycles. The average Bonchev–Trinajstić information content (AvgIpc) is 2.40. The van der Waals surface area contributed by atoms with Gasteiger partial charge in [-0.3, -0.25) is 4.99 Å². The quantitative estimate of drug-likeness (QED) is 0.372. The van der Waals surface area contributed by atoms with E-state index in [2.05, 4.69) is 35.7 Å². The van der Waals surface area contributed by atoms with Crippen molar-refractivity contribution in [1.82, 2.24) is 14.9 Å². The molecule has 0 unspecified atom stereocenters. The number of sulfonamides is 1. The molecule has 2 N–H and O–H groups in total. The standard InChI is InChI=1S/C13H30N4O2S2/c1-7-17(21(6,18)19)10-8-9-15-12(14-4)16-11-13(2,3)20-5/h7-11H2,1-6H3,(H2,14,15,16). The topological polar surface area (TPSA) is 73.8 Å². The minimum atomic E-state index is -3.10. The first kappa shape index (κ1) is 20.5. The molecule has 0 amide bonds. The van der Waals surface area contributed by atoms with E-state index in [0.29, 0.717) is 19.6 Å². The van der Waals surface area contributed by atoms with Gasteiger partial charge in [0.05, 0.1) is 6.26 Å². The molecule has 0 radical (unpaired) electrons. The van der Waals surface area contributed by atoms with Crippen LogP contribution in [0.5, 0.6) is 0 Å². The van der Waals surface area contributed by atoms with E-state index in [1.165, 1.54) is 10.6 Å². The van der Waals surface area contributed by atoms with Crippen LogP contribution in [0, 0.1) is 0 Å². The van der Waals surface area contributed by atoms with Gasteiger partial charge in [0.25, 0.3) is 0 Å². The molecule has 0 heterocycles. The van der Waals surface area contributed by atoms with Gasteiger partial charge in [0.2, 0.25) is 10.0 Å². The average molecular weight is 339 g/mol. The lowest BCUT2D eigenvalue weighted by Crippen LogP contribution is -2.44. The van der Waals surface area contributed by atoms with Crippen LogP contribution in [0.2, 0.25) is 0 Å². The molecule has 126 valence electrons. The maximum absolute atomic E-state index is 11.5. The Morgan fingerprint density at radius 2 is 1.95 bits per heavy atom. The molecule has 0 fully saturated rings. The van der Waals surface area contributed by atoms with Crippen LogP contribution in [0.4, 0.5) is 0 Å². The van der Waals surface area contributed by atoms with Crippen LogP contribution in [0.1, 0.15) is 27.2 Å². The Kier molecular flexibility index (Phi) is 9.31. The summed E-state index contributed by atoms with van der Waals surface area (Å²) in [6, 6.07) is 0. The second kappa shape index (κ2) is 9.53. The highest BCUT2D eigenvalue weighted by atomic mass is 32.2. The molecule has 0 spiro atoms. The highest BCUT2D eigenvalue weighted by Crippen LogP contribution is 2.19. The summed E-state index contributed by atoms with van der Waals surface area (Å²) >= 11 is 1.80. The molecular formula is C13H30N4O2S2. The Morgan fingerprint density at radius 1 is 1.33 bits per heavy atom. The summed E-state index contributed by atoms with van der Waals surface area (Å²) in [6.45, 7) is 8.72. The van der Waals surface area contributed by atoms with Crippen molar-refractivity contribution < 1.29 is 8.42 Å². The van der Waals surface area contributed by atoms with Crippen molar-refractivity contribution in [3.8, 4) is 0 Å². The Hall–Kier alpha value is -0.470. The van der Waals surface area contributed by atoms with E-state index in [0.717, 1.165) is 18.9 Å². The third-order valence-corrected chi connectivity index (χ3v) is 5.78. The van der Waals surface area contributed by atoms with Gasteiger partial charge in [-0.15, -0.1) is 0 Å². The summed E-state index contributed by atoms with van der Waals surface area (Å²) in [7, 11) is -1.36. The molecule has 0 atom stereocenters.